The van der Waals surface area contributed by atoms with Crippen molar-refractivity contribution in [3.63, 3.8) is 0 Å². The number of ether oxygens (including phenoxy) is 1. The first-order valence-electron chi connectivity index (χ1n) is 9.91. The second kappa shape index (κ2) is 9.81. The van der Waals surface area contributed by atoms with Gasteiger partial charge in [-0.3, -0.25) is 9.10 Å². The van der Waals surface area contributed by atoms with E-state index in [1.165, 1.54) is 13.0 Å². The van der Waals surface area contributed by atoms with Crippen LogP contribution in [-0.2, 0) is 21.0 Å². The number of aryl methyl sites for hydroxylation is 1. The van der Waals surface area contributed by atoms with Crippen molar-refractivity contribution >= 4 is 21.6 Å². The summed E-state index contributed by atoms with van der Waals surface area (Å²) >= 11 is 0. The minimum atomic E-state index is -4.65. The van der Waals surface area contributed by atoms with E-state index in [0.29, 0.717) is 16.5 Å². The maximum atomic E-state index is 13.1. The van der Waals surface area contributed by atoms with Gasteiger partial charge in [0.15, 0.2) is 0 Å². The molecule has 0 fully saturated rings. The molecular weight excluding hydrogens is 445 g/mol. The first-order valence-corrected chi connectivity index (χ1v) is 11.8. The third-order valence-corrected chi connectivity index (χ3v) is 6.30. The Bertz CT molecular complexity index is 1070. The molecule has 0 saturated heterocycles. The van der Waals surface area contributed by atoms with Crippen LogP contribution in [0.1, 0.15) is 43.0 Å². The van der Waals surface area contributed by atoms with Crippen molar-refractivity contribution in [2.75, 3.05) is 17.7 Å². The SMILES string of the molecule is CCC(NC(=O)C(C)N(c1cccc(C(F)(F)F)c1)S(C)(=O)=O)c1ccc(OC)c(C)c1. The van der Waals surface area contributed by atoms with Gasteiger partial charge in [0, 0.05) is 0 Å². The van der Waals surface area contributed by atoms with Crippen LogP contribution in [0, 0.1) is 6.92 Å². The summed E-state index contributed by atoms with van der Waals surface area (Å²) in [5, 5.41) is 2.81. The van der Waals surface area contributed by atoms with Crippen LogP contribution in [0.5, 0.6) is 5.75 Å². The molecule has 0 aliphatic rings. The first kappa shape index (κ1) is 25.5. The van der Waals surface area contributed by atoms with Gasteiger partial charge in [-0.05, 0) is 55.7 Å². The minimum Gasteiger partial charge on any atom is -0.496 e. The highest BCUT2D eigenvalue weighted by Crippen LogP contribution is 2.33. The number of benzene rings is 2. The van der Waals surface area contributed by atoms with Crippen molar-refractivity contribution in [2.45, 2.75) is 45.5 Å². The number of nitrogens with zero attached hydrogens (tertiary/aromatic N) is 1. The van der Waals surface area contributed by atoms with E-state index in [9.17, 15) is 26.4 Å². The largest absolute Gasteiger partial charge is 0.496 e. The number of nitrogens with one attached hydrogen (secondary N) is 1. The zero-order valence-electron chi connectivity index (χ0n) is 18.5. The maximum Gasteiger partial charge on any atom is 0.416 e. The Morgan fingerprint density at radius 1 is 1.19 bits per heavy atom. The summed E-state index contributed by atoms with van der Waals surface area (Å²) in [6.45, 7) is 5.05. The highest BCUT2D eigenvalue weighted by Gasteiger charge is 2.34. The lowest BCUT2D eigenvalue weighted by molar-refractivity contribution is -0.137. The number of rotatable bonds is 8. The molecule has 0 aliphatic heterocycles. The van der Waals surface area contributed by atoms with Crippen molar-refractivity contribution in [2.24, 2.45) is 0 Å². The van der Waals surface area contributed by atoms with Gasteiger partial charge in [-0.15, -0.1) is 0 Å². The van der Waals surface area contributed by atoms with Crippen molar-refractivity contribution in [3.05, 3.63) is 59.2 Å². The fourth-order valence-electron chi connectivity index (χ4n) is 3.46. The Kier molecular flexibility index (Phi) is 7.82. The molecule has 0 spiro atoms. The number of sulfonamides is 1. The third-order valence-electron chi connectivity index (χ3n) is 5.06. The second-order valence-electron chi connectivity index (χ2n) is 7.48. The molecule has 176 valence electrons. The lowest BCUT2D eigenvalue weighted by Gasteiger charge is -2.30. The van der Waals surface area contributed by atoms with Crippen LogP contribution in [-0.4, -0.2) is 33.7 Å². The van der Waals surface area contributed by atoms with E-state index in [0.717, 1.165) is 35.6 Å². The molecule has 1 N–H and O–H groups in total. The van der Waals surface area contributed by atoms with Crippen LogP contribution in [0.4, 0.5) is 18.9 Å². The molecule has 2 rings (SSSR count). The Hall–Kier alpha value is -2.75. The van der Waals surface area contributed by atoms with Crippen LogP contribution in [0.3, 0.4) is 0 Å². The van der Waals surface area contributed by atoms with Crippen molar-refractivity contribution in [1.29, 1.82) is 0 Å². The summed E-state index contributed by atoms with van der Waals surface area (Å²) in [5.74, 6) is 0.0595. The van der Waals surface area contributed by atoms with Gasteiger partial charge in [-0.25, -0.2) is 8.42 Å². The molecule has 0 saturated carbocycles. The molecule has 32 heavy (non-hydrogen) atoms. The Balaban J connectivity index is 2.35. The average molecular weight is 473 g/mol. The molecule has 2 atom stereocenters. The molecule has 1 amide bonds. The van der Waals surface area contributed by atoms with Gasteiger partial charge in [0.05, 0.1) is 30.7 Å². The molecule has 0 bridgehead atoms. The Labute approximate surface area is 186 Å². The Morgan fingerprint density at radius 3 is 2.34 bits per heavy atom. The number of halogens is 3. The summed E-state index contributed by atoms with van der Waals surface area (Å²) in [6, 6.07) is 7.63. The molecule has 2 aromatic carbocycles. The van der Waals surface area contributed by atoms with E-state index in [-0.39, 0.29) is 5.69 Å². The molecular formula is C22H27F3N2O4S. The average Bonchev–Trinajstić information content (AvgIpc) is 2.70. The van der Waals surface area contributed by atoms with Crippen molar-refractivity contribution < 1.29 is 31.1 Å². The number of carbonyl (C=O) groups excluding carboxylic acids is 1. The minimum absolute atomic E-state index is 0.238. The molecule has 0 heterocycles. The van der Waals surface area contributed by atoms with Crippen LogP contribution in [0.2, 0.25) is 0 Å². The van der Waals surface area contributed by atoms with E-state index in [1.54, 1.807) is 19.2 Å². The quantitative estimate of drug-likeness (QED) is 0.616. The third kappa shape index (κ3) is 5.93. The summed E-state index contributed by atoms with van der Waals surface area (Å²) in [4.78, 5) is 13.0. The summed E-state index contributed by atoms with van der Waals surface area (Å²) in [6.07, 6.45) is -3.28. The predicted octanol–water partition coefficient (Wildman–Crippen LogP) is 4.44. The zero-order chi connectivity index (χ0) is 24.3. The van der Waals surface area contributed by atoms with E-state index in [2.05, 4.69) is 5.32 Å². The highest BCUT2D eigenvalue weighted by atomic mass is 32.2. The topological polar surface area (TPSA) is 75.7 Å². The smallest absolute Gasteiger partial charge is 0.416 e. The molecule has 2 unspecified atom stereocenters. The normalized spacial score (nSPS) is 13.9. The van der Waals surface area contributed by atoms with Gasteiger partial charge in [-0.2, -0.15) is 13.2 Å². The van der Waals surface area contributed by atoms with E-state index in [1.807, 2.05) is 19.9 Å². The fraction of sp³-hybridized carbons (Fsp3) is 0.409. The van der Waals surface area contributed by atoms with Gasteiger partial charge in [0.1, 0.15) is 11.8 Å². The number of hydrogen-bond acceptors (Lipinski definition) is 4. The van der Waals surface area contributed by atoms with Gasteiger partial charge in [0.2, 0.25) is 15.9 Å². The summed E-state index contributed by atoms with van der Waals surface area (Å²) in [7, 11) is -2.51. The maximum absolute atomic E-state index is 13.1. The molecule has 0 radical (unpaired) electrons. The monoisotopic (exact) mass is 472 g/mol. The van der Waals surface area contributed by atoms with E-state index in [4.69, 9.17) is 4.74 Å². The molecule has 10 heteroatoms. The number of carbonyl (C=O) groups is 1. The molecule has 0 aliphatic carbocycles. The second-order valence-corrected chi connectivity index (χ2v) is 9.34. The summed E-state index contributed by atoms with van der Waals surface area (Å²) in [5.41, 5.74) is 0.429. The van der Waals surface area contributed by atoms with Gasteiger partial charge >= 0.3 is 6.18 Å². The molecule has 6 nitrogen and oxygen atoms in total. The summed E-state index contributed by atoms with van der Waals surface area (Å²) < 4.78 is 70.2. The predicted molar refractivity (Wildman–Crippen MR) is 117 cm³/mol. The first-order chi connectivity index (χ1) is 14.8. The Morgan fingerprint density at radius 2 is 1.84 bits per heavy atom. The van der Waals surface area contributed by atoms with Gasteiger partial charge in [-0.1, -0.05) is 25.1 Å². The van der Waals surface area contributed by atoms with E-state index >= 15 is 0 Å². The van der Waals surface area contributed by atoms with Crippen molar-refractivity contribution in [3.8, 4) is 5.75 Å². The number of hydrogen-bond donors (Lipinski definition) is 1. The number of methoxy groups -OCH3 is 1. The molecule has 2 aromatic rings. The van der Waals surface area contributed by atoms with Gasteiger partial charge in [0.25, 0.3) is 0 Å². The lowest BCUT2D eigenvalue weighted by atomic mass is 10.0. The van der Waals surface area contributed by atoms with Crippen LogP contribution in [0.15, 0.2) is 42.5 Å². The zero-order valence-corrected chi connectivity index (χ0v) is 19.3. The van der Waals surface area contributed by atoms with Crippen LogP contribution < -0.4 is 14.4 Å². The number of anilines is 1. The van der Waals surface area contributed by atoms with Crippen molar-refractivity contribution in [1.82, 2.24) is 5.32 Å². The lowest BCUT2D eigenvalue weighted by Crippen LogP contribution is -2.48. The molecule has 0 aromatic heterocycles. The number of amides is 1. The van der Waals surface area contributed by atoms with Crippen LogP contribution >= 0.6 is 0 Å². The number of alkyl halides is 3. The van der Waals surface area contributed by atoms with E-state index < -0.39 is 39.8 Å². The highest BCUT2D eigenvalue weighted by molar-refractivity contribution is 7.92. The van der Waals surface area contributed by atoms with Crippen LogP contribution in [0.25, 0.3) is 0 Å². The fourth-order valence-corrected chi connectivity index (χ4v) is 4.63. The standard InChI is InChI=1S/C22H27F3N2O4S/c1-6-19(16-10-11-20(31-4)14(2)12-16)26-21(28)15(3)27(32(5,29)30)18-9-7-8-17(13-18)22(23,24)25/h7-13,15,19H,6H2,1-5H3,(H,26,28). The van der Waals surface area contributed by atoms with Gasteiger partial charge < -0.3 is 10.1 Å².